The molecule has 40 heavy (non-hydrogen) atoms. The molecule has 3 heterocycles. The van der Waals surface area contributed by atoms with Gasteiger partial charge in [0.15, 0.2) is 6.29 Å². The monoisotopic (exact) mass is 547 g/mol. The number of rotatable bonds is 11. The Bertz CT molecular complexity index is 1460. The number of nitrogens with zero attached hydrogens (tertiary/aromatic N) is 3. The quantitative estimate of drug-likeness (QED) is 0.245. The molecule has 1 aliphatic heterocycles. The maximum atomic E-state index is 14.6. The van der Waals surface area contributed by atoms with Crippen LogP contribution in [-0.4, -0.2) is 46.8 Å². The third kappa shape index (κ3) is 6.38. The molecule has 4 N–H and O–H groups in total. The number of pyridine rings is 1. The standard InChI is InChI=1S/C29H28F2N6O3/c1-2-38-20-14-23(30)22(24(31)15-20)17-34-25-6-4-3-5-21(25)27(32)29-35-16-18(13-26-39-11-12-40-26)28(37-29)36-19-7-9-33-10-8-19/h3-10,14-16,26,32,34H,2,11-13,17H2,1H3,(H,33,35,36,37)/p+1. The van der Waals surface area contributed by atoms with Crippen molar-refractivity contribution in [3.63, 3.8) is 0 Å². The molecule has 1 saturated heterocycles. The van der Waals surface area contributed by atoms with Crippen LogP contribution in [0.5, 0.6) is 5.75 Å². The molecule has 0 amide bonds. The molecule has 11 heteroatoms. The third-order valence-corrected chi connectivity index (χ3v) is 6.22. The molecule has 0 bridgehead atoms. The maximum absolute atomic E-state index is 14.6. The highest BCUT2D eigenvalue weighted by Crippen LogP contribution is 2.25. The Morgan fingerprint density at radius 2 is 1.80 bits per heavy atom. The van der Waals surface area contributed by atoms with Crippen molar-refractivity contribution < 1.29 is 28.4 Å². The molecular formula is C29H29F2N6O3+. The first-order valence-corrected chi connectivity index (χ1v) is 12.8. The zero-order chi connectivity index (χ0) is 27.9. The normalized spacial score (nSPS) is 13.3. The number of aromatic nitrogens is 3. The minimum absolute atomic E-state index is 0.107. The first-order valence-electron chi connectivity index (χ1n) is 12.8. The van der Waals surface area contributed by atoms with Crippen molar-refractivity contribution in [1.82, 2.24) is 15.0 Å². The lowest BCUT2D eigenvalue weighted by atomic mass is 10.1. The highest BCUT2D eigenvalue weighted by Gasteiger charge is 2.23. The summed E-state index contributed by atoms with van der Waals surface area (Å²) < 4.78 is 45.7. The number of anilines is 3. The molecular weight excluding hydrogens is 518 g/mol. The summed E-state index contributed by atoms with van der Waals surface area (Å²) in [7, 11) is 0. The number of para-hydroxylation sites is 1. The van der Waals surface area contributed by atoms with Crippen molar-refractivity contribution in [2.75, 3.05) is 30.5 Å². The van der Waals surface area contributed by atoms with Gasteiger partial charge in [0.05, 0.1) is 25.4 Å². The molecule has 1 aliphatic rings. The lowest BCUT2D eigenvalue weighted by Gasteiger charge is -2.15. The summed E-state index contributed by atoms with van der Waals surface area (Å²) in [4.78, 5) is 13.3. The van der Waals surface area contributed by atoms with Gasteiger partial charge in [-0.2, -0.15) is 0 Å². The number of halogens is 2. The second-order valence-electron chi connectivity index (χ2n) is 8.91. The SMILES string of the molecule is CCOc1cc(F)c(CNc2ccccc2C(=[NH2+])c2ncc(CC3OCCO3)c(Nc3ccncc3)n2)c(F)c1. The first kappa shape index (κ1) is 27.1. The molecule has 0 unspecified atom stereocenters. The molecule has 0 radical (unpaired) electrons. The van der Waals surface area contributed by atoms with Crippen LogP contribution >= 0.6 is 0 Å². The zero-order valence-corrected chi connectivity index (χ0v) is 21.9. The minimum Gasteiger partial charge on any atom is -0.494 e. The fraction of sp³-hybridized carbons (Fsp3) is 0.241. The Morgan fingerprint density at radius 3 is 2.52 bits per heavy atom. The number of benzene rings is 2. The van der Waals surface area contributed by atoms with E-state index in [0.717, 1.165) is 11.3 Å². The molecule has 5 rings (SSSR count). The van der Waals surface area contributed by atoms with E-state index in [-0.39, 0.29) is 35.7 Å². The van der Waals surface area contributed by atoms with Gasteiger partial charge in [0.25, 0.3) is 5.71 Å². The van der Waals surface area contributed by atoms with Gasteiger partial charge in [-0.25, -0.2) is 18.7 Å². The summed E-state index contributed by atoms with van der Waals surface area (Å²) >= 11 is 0. The van der Waals surface area contributed by atoms with Crippen molar-refractivity contribution in [1.29, 1.82) is 0 Å². The number of hydrogen-bond donors (Lipinski definition) is 3. The van der Waals surface area contributed by atoms with Crippen LogP contribution in [0.2, 0.25) is 0 Å². The van der Waals surface area contributed by atoms with E-state index in [1.54, 1.807) is 43.7 Å². The summed E-state index contributed by atoms with van der Waals surface area (Å²) in [5.41, 5.74) is 2.89. The van der Waals surface area contributed by atoms with Crippen molar-refractivity contribution in [3.8, 4) is 5.75 Å². The molecule has 0 atom stereocenters. The maximum Gasteiger partial charge on any atom is 0.251 e. The van der Waals surface area contributed by atoms with E-state index >= 15 is 0 Å². The van der Waals surface area contributed by atoms with E-state index in [2.05, 4.69) is 20.6 Å². The summed E-state index contributed by atoms with van der Waals surface area (Å²) in [5, 5.41) is 13.0. The van der Waals surface area contributed by atoms with Crippen LogP contribution in [0.1, 0.15) is 29.4 Å². The van der Waals surface area contributed by atoms with Gasteiger partial charge in [0, 0.05) is 66.2 Å². The molecule has 206 valence electrons. The predicted octanol–water partition coefficient (Wildman–Crippen LogP) is 3.42. The highest BCUT2D eigenvalue weighted by atomic mass is 19.1. The summed E-state index contributed by atoms with van der Waals surface area (Å²) in [6, 6.07) is 13.1. The van der Waals surface area contributed by atoms with Gasteiger partial charge in [-0.3, -0.25) is 10.4 Å². The van der Waals surface area contributed by atoms with Gasteiger partial charge < -0.3 is 24.8 Å². The van der Waals surface area contributed by atoms with E-state index < -0.39 is 11.6 Å². The van der Waals surface area contributed by atoms with Crippen LogP contribution in [-0.2, 0) is 22.4 Å². The van der Waals surface area contributed by atoms with Crippen molar-refractivity contribution in [2.24, 2.45) is 0 Å². The van der Waals surface area contributed by atoms with Gasteiger partial charge in [0.1, 0.15) is 23.2 Å². The average Bonchev–Trinajstić information content (AvgIpc) is 3.47. The van der Waals surface area contributed by atoms with E-state index in [9.17, 15) is 8.78 Å². The average molecular weight is 548 g/mol. The Balaban J connectivity index is 1.40. The Kier molecular flexibility index (Phi) is 8.53. The Hall–Kier alpha value is -4.48. The third-order valence-electron chi connectivity index (χ3n) is 6.22. The van der Waals surface area contributed by atoms with Crippen molar-refractivity contribution in [2.45, 2.75) is 26.2 Å². The van der Waals surface area contributed by atoms with Gasteiger partial charge in [-0.15, -0.1) is 0 Å². The topological polar surface area (TPSA) is 116 Å². The van der Waals surface area contributed by atoms with Crippen molar-refractivity contribution in [3.05, 3.63) is 101 Å². The number of nitrogens with one attached hydrogen (secondary N) is 2. The second kappa shape index (κ2) is 12.6. The van der Waals surface area contributed by atoms with E-state index in [4.69, 9.17) is 24.6 Å². The number of ether oxygens (including phenoxy) is 3. The van der Waals surface area contributed by atoms with Gasteiger partial charge >= 0.3 is 0 Å². The van der Waals surface area contributed by atoms with E-state index in [0.29, 0.717) is 43.3 Å². The van der Waals surface area contributed by atoms with Crippen LogP contribution < -0.4 is 20.8 Å². The summed E-state index contributed by atoms with van der Waals surface area (Å²) in [5.74, 6) is -0.441. The largest absolute Gasteiger partial charge is 0.494 e. The second-order valence-corrected chi connectivity index (χ2v) is 8.91. The van der Waals surface area contributed by atoms with Crippen LogP contribution in [0.25, 0.3) is 0 Å². The molecule has 2 aromatic carbocycles. The molecule has 4 aromatic rings. The molecule has 0 aliphatic carbocycles. The van der Waals surface area contributed by atoms with Gasteiger partial charge in [-0.05, 0) is 31.2 Å². The number of nitrogens with two attached hydrogens (primary N) is 1. The Labute approximate surface area is 230 Å². The van der Waals surface area contributed by atoms with Crippen molar-refractivity contribution >= 4 is 22.9 Å². The Morgan fingerprint density at radius 1 is 1.07 bits per heavy atom. The fourth-order valence-electron chi connectivity index (χ4n) is 4.25. The van der Waals surface area contributed by atoms with Crippen LogP contribution in [0, 0.1) is 11.6 Å². The minimum atomic E-state index is -0.702. The molecule has 0 spiro atoms. The van der Waals surface area contributed by atoms with Crippen LogP contribution in [0.4, 0.5) is 26.0 Å². The first-order chi connectivity index (χ1) is 19.5. The highest BCUT2D eigenvalue weighted by molar-refractivity contribution is 6.10. The molecule has 1 fully saturated rings. The van der Waals surface area contributed by atoms with Gasteiger partial charge in [0.2, 0.25) is 5.82 Å². The predicted molar refractivity (Wildman–Crippen MR) is 145 cm³/mol. The lowest BCUT2D eigenvalue weighted by molar-refractivity contribution is -0.112. The molecule has 2 aromatic heterocycles. The number of hydrogen-bond acceptors (Lipinski definition) is 8. The smallest absolute Gasteiger partial charge is 0.251 e. The summed E-state index contributed by atoms with van der Waals surface area (Å²) in [6.07, 6.45) is 5.09. The van der Waals surface area contributed by atoms with Crippen LogP contribution in [0.15, 0.2) is 67.1 Å². The van der Waals surface area contributed by atoms with Gasteiger partial charge in [-0.1, -0.05) is 12.1 Å². The van der Waals surface area contributed by atoms with Crippen LogP contribution in [0.3, 0.4) is 0 Å². The fourth-order valence-corrected chi connectivity index (χ4v) is 4.25. The summed E-state index contributed by atoms with van der Waals surface area (Å²) in [6.45, 7) is 3.02. The molecule has 9 nitrogen and oxygen atoms in total. The molecule has 0 saturated carbocycles. The van der Waals surface area contributed by atoms with E-state index in [1.165, 1.54) is 12.1 Å². The lowest BCUT2D eigenvalue weighted by Crippen LogP contribution is -2.42. The van der Waals surface area contributed by atoms with E-state index in [1.807, 2.05) is 18.2 Å². The zero-order valence-electron chi connectivity index (χ0n) is 21.9.